The maximum Gasteiger partial charge on any atom is 0.405 e. The predicted octanol–water partition coefficient (Wildman–Crippen LogP) is 4.07. The van der Waals surface area contributed by atoms with E-state index in [1.54, 1.807) is 12.2 Å². The molecule has 222 valence electrons. The van der Waals surface area contributed by atoms with Crippen molar-refractivity contribution < 1.29 is 29.4 Å². The second-order valence-corrected chi connectivity index (χ2v) is 14.8. The zero-order valence-electron chi connectivity index (χ0n) is 24.9. The number of carbonyl (C=O) groups is 4. The van der Waals surface area contributed by atoms with Crippen LogP contribution in [-0.2, 0) is 14.4 Å². The molecule has 3 fully saturated rings. The Labute approximate surface area is 241 Å². The number of aliphatic hydroxyl groups is 1. The Morgan fingerprint density at radius 1 is 1.05 bits per heavy atom. The summed E-state index contributed by atoms with van der Waals surface area (Å²) in [5.74, 6) is -1.14. The van der Waals surface area contributed by atoms with Gasteiger partial charge in [-0.25, -0.2) is 4.79 Å². The van der Waals surface area contributed by atoms with Crippen LogP contribution in [0.3, 0.4) is 0 Å². The van der Waals surface area contributed by atoms with Crippen LogP contribution in [0.4, 0.5) is 4.79 Å². The fourth-order valence-corrected chi connectivity index (χ4v) is 9.65. The molecule has 0 spiro atoms. The average Bonchev–Trinajstić information content (AvgIpc) is 2.91. The molecular weight excluding hydrogens is 522 g/mol. The van der Waals surface area contributed by atoms with E-state index in [1.807, 2.05) is 0 Å². The number of Topliss-reactive ketones (excluding diaryl/α,β-unsaturated/α-hetero) is 1. The van der Waals surface area contributed by atoms with E-state index in [-0.39, 0.29) is 46.4 Å². The molecule has 0 aromatic heterocycles. The van der Waals surface area contributed by atoms with Crippen LogP contribution in [0.1, 0.15) is 86.0 Å². The molecule has 3 saturated carbocycles. The molecule has 8 atom stereocenters. The summed E-state index contributed by atoms with van der Waals surface area (Å²) >= 11 is 0. The largest absolute Gasteiger partial charge is 0.465 e. The molecule has 2 amide bonds. The van der Waals surface area contributed by atoms with E-state index in [4.69, 9.17) is 5.11 Å². The molecule has 0 saturated heterocycles. The molecule has 0 bridgehead atoms. The minimum Gasteiger partial charge on any atom is -0.465 e. The van der Waals surface area contributed by atoms with Crippen LogP contribution in [0.2, 0.25) is 0 Å². The highest BCUT2D eigenvalue weighted by Crippen LogP contribution is 2.74. The number of ketones is 2. The minimum atomic E-state index is -1.61. The molecule has 41 heavy (non-hydrogen) atoms. The normalized spacial score (nSPS) is 45.0. The van der Waals surface area contributed by atoms with E-state index in [0.717, 1.165) is 37.7 Å². The van der Waals surface area contributed by atoms with E-state index in [0.29, 0.717) is 25.8 Å². The number of hydrogen-bond donors (Lipinski definition) is 4. The maximum atomic E-state index is 14.4. The molecule has 0 unspecified atom stereocenters. The van der Waals surface area contributed by atoms with E-state index >= 15 is 0 Å². The van der Waals surface area contributed by atoms with Gasteiger partial charge >= 0.3 is 6.09 Å². The average molecular weight is 566 g/mol. The lowest BCUT2D eigenvalue weighted by Crippen LogP contribution is -2.73. The van der Waals surface area contributed by atoms with Crippen molar-refractivity contribution in [2.75, 3.05) is 13.1 Å². The van der Waals surface area contributed by atoms with E-state index < -0.39 is 33.8 Å². The third-order valence-corrected chi connectivity index (χ3v) is 12.7. The number of amides is 2. The van der Waals surface area contributed by atoms with E-state index in [2.05, 4.69) is 51.3 Å². The molecule has 0 heterocycles. The van der Waals surface area contributed by atoms with Gasteiger partial charge in [0.05, 0.1) is 12.1 Å². The third-order valence-electron chi connectivity index (χ3n) is 12.7. The molecule has 0 aliphatic heterocycles. The van der Waals surface area contributed by atoms with Gasteiger partial charge < -0.3 is 20.8 Å². The lowest BCUT2D eigenvalue weighted by molar-refractivity contribution is -0.242. The molecule has 5 aliphatic carbocycles. The monoisotopic (exact) mass is 565 g/mol. The Morgan fingerprint density at radius 3 is 2.39 bits per heavy atom. The van der Waals surface area contributed by atoms with Gasteiger partial charge in [0.1, 0.15) is 11.7 Å². The van der Waals surface area contributed by atoms with Gasteiger partial charge in [-0.2, -0.15) is 5.26 Å². The summed E-state index contributed by atoms with van der Waals surface area (Å²) in [5.41, 5.74) is -3.00. The van der Waals surface area contributed by atoms with Gasteiger partial charge in [-0.05, 0) is 78.8 Å². The molecule has 9 heteroatoms. The molecule has 0 aromatic carbocycles. The van der Waals surface area contributed by atoms with Crippen molar-refractivity contribution in [2.24, 2.45) is 38.9 Å². The van der Waals surface area contributed by atoms with E-state index in [1.165, 1.54) is 0 Å². The highest BCUT2D eigenvalue weighted by atomic mass is 16.4. The van der Waals surface area contributed by atoms with Crippen molar-refractivity contribution >= 4 is 23.6 Å². The van der Waals surface area contributed by atoms with Crippen LogP contribution in [0.25, 0.3) is 0 Å². The van der Waals surface area contributed by atoms with Gasteiger partial charge in [0.2, 0.25) is 5.91 Å². The number of nitrogens with zero attached hydrogens (tertiary/aromatic N) is 1. The van der Waals surface area contributed by atoms with Crippen molar-refractivity contribution in [3.8, 4) is 6.07 Å². The molecule has 0 radical (unpaired) electrons. The first-order chi connectivity index (χ1) is 19.0. The quantitative estimate of drug-likeness (QED) is 0.400. The zero-order valence-corrected chi connectivity index (χ0v) is 24.9. The topological polar surface area (TPSA) is 157 Å². The van der Waals surface area contributed by atoms with Crippen LogP contribution in [0.5, 0.6) is 0 Å². The Morgan fingerprint density at radius 2 is 1.73 bits per heavy atom. The third kappa shape index (κ3) is 4.04. The summed E-state index contributed by atoms with van der Waals surface area (Å²) in [7, 11) is 0. The zero-order chi connectivity index (χ0) is 30.2. The predicted molar refractivity (Wildman–Crippen MR) is 150 cm³/mol. The van der Waals surface area contributed by atoms with Gasteiger partial charge in [0.15, 0.2) is 11.6 Å². The summed E-state index contributed by atoms with van der Waals surface area (Å²) in [6.45, 7) is 10.6. The van der Waals surface area contributed by atoms with E-state index in [9.17, 15) is 29.5 Å². The Hall–Kier alpha value is -2.99. The fraction of sp³-hybridized carbons (Fsp3) is 0.719. The summed E-state index contributed by atoms with van der Waals surface area (Å²) in [6, 6.07) is 2.08. The standard InChI is InChI=1S/C32H43N3O6/c1-27(18-35-25(38)17-34-26(39)40)8-9-28(2)10-11-31(5)30(4)7-6-20-12-21(36)19(16-33)14-29(20,3)22(30)13-24(37)32(31,41)23(28)15-27/h13-14,20,23,34,41H,6-12,15,17-18H2,1-5H3,(H,35,38)(H,39,40)/t20-,23+,27-,28+,29-,30+,31-,32+/m0/s1. The first kappa shape index (κ1) is 29.5. The lowest BCUT2D eigenvalue weighted by atomic mass is 9.34. The fourth-order valence-electron chi connectivity index (χ4n) is 9.65. The Bertz CT molecular complexity index is 1330. The number of carbonyl (C=O) groups excluding carboxylic acids is 3. The first-order valence-electron chi connectivity index (χ1n) is 14.9. The molecule has 5 rings (SSSR count). The molecule has 9 nitrogen and oxygen atoms in total. The highest BCUT2D eigenvalue weighted by molar-refractivity contribution is 6.02. The first-order valence-corrected chi connectivity index (χ1v) is 14.9. The SMILES string of the molecule is C[C@]1(CNC(=O)CNC(=O)O)CC[C@]2(C)CC[C@@]3(C)[C@]4(C)CC[C@H]5CC(=O)C(C#N)=C[C@]5(C)C4=CC(=O)[C@]3(O)[C@@H]2C1. The number of nitrogens with one attached hydrogen (secondary N) is 2. The second kappa shape index (κ2) is 9.26. The molecule has 0 aromatic rings. The maximum absolute atomic E-state index is 14.4. The summed E-state index contributed by atoms with van der Waals surface area (Å²) in [6.07, 6.45) is 7.78. The number of hydrogen-bond acceptors (Lipinski definition) is 6. The van der Waals surface area contributed by atoms with Crippen LogP contribution >= 0.6 is 0 Å². The van der Waals surface area contributed by atoms with Gasteiger partial charge in [-0.15, -0.1) is 0 Å². The summed E-state index contributed by atoms with van der Waals surface area (Å²) in [5, 5.41) is 36.3. The van der Waals surface area contributed by atoms with Crippen LogP contribution in [0, 0.1) is 50.2 Å². The minimum absolute atomic E-state index is 0.0140. The van der Waals surface area contributed by atoms with Crippen LogP contribution < -0.4 is 10.6 Å². The van der Waals surface area contributed by atoms with Gasteiger partial charge in [0, 0.05) is 29.7 Å². The summed E-state index contributed by atoms with van der Waals surface area (Å²) < 4.78 is 0. The molecule has 5 aliphatic rings. The van der Waals surface area contributed by atoms with Gasteiger partial charge in [0.25, 0.3) is 0 Å². The van der Waals surface area contributed by atoms with Crippen molar-refractivity contribution in [3.63, 3.8) is 0 Å². The van der Waals surface area contributed by atoms with Gasteiger partial charge in [-0.3, -0.25) is 14.4 Å². The number of fused-ring (bicyclic) bond motifs is 7. The van der Waals surface area contributed by atoms with Crippen molar-refractivity contribution in [1.29, 1.82) is 5.26 Å². The van der Waals surface area contributed by atoms with Crippen molar-refractivity contribution in [2.45, 2.75) is 91.6 Å². The number of allylic oxidation sites excluding steroid dienone is 3. The number of carboxylic acid groups (broad SMARTS) is 1. The lowest BCUT2D eigenvalue weighted by Gasteiger charge is -2.71. The van der Waals surface area contributed by atoms with Crippen LogP contribution in [0.15, 0.2) is 23.3 Å². The van der Waals surface area contributed by atoms with Crippen molar-refractivity contribution in [1.82, 2.24) is 10.6 Å². The van der Waals surface area contributed by atoms with Crippen molar-refractivity contribution in [3.05, 3.63) is 23.3 Å². The Kier molecular flexibility index (Phi) is 6.66. The number of rotatable bonds is 4. The molecule has 4 N–H and O–H groups in total. The second-order valence-electron chi connectivity index (χ2n) is 14.8. The highest BCUT2D eigenvalue weighted by Gasteiger charge is 2.74. The Balaban J connectivity index is 1.53. The summed E-state index contributed by atoms with van der Waals surface area (Å²) in [4.78, 5) is 50.1. The molecular formula is C32H43N3O6. The number of nitriles is 1. The van der Waals surface area contributed by atoms with Gasteiger partial charge in [-0.1, -0.05) is 40.7 Å². The smallest absolute Gasteiger partial charge is 0.405 e. The van der Waals surface area contributed by atoms with Crippen LogP contribution in [-0.4, -0.2) is 52.5 Å².